The van der Waals surface area contributed by atoms with Gasteiger partial charge in [0.25, 0.3) is 0 Å². The molecule has 0 amide bonds. The van der Waals surface area contributed by atoms with Gasteiger partial charge in [-0.05, 0) is 12.8 Å². The summed E-state index contributed by atoms with van der Waals surface area (Å²) in [6.45, 7) is 0. The molecule has 0 bridgehead atoms. The number of anilines is 1. The molecule has 8 heteroatoms. The van der Waals surface area contributed by atoms with E-state index in [4.69, 9.17) is 4.74 Å². The third kappa shape index (κ3) is 4.33. The van der Waals surface area contributed by atoms with Gasteiger partial charge in [-0.1, -0.05) is 27.6 Å². The zero-order valence-electron chi connectivity index (χ0n) is 12.8. The van der Waals surface area contributed by atoms with Gasteiger partial charge in [0.2, 0.25) is 0 Å². The Bertz CT molecular complexity index is 620. The minimum absolute atomic E-state index is 0.221. The number of nitrogens with zero attached hydrogens (tertiary/aromatic N) is 3. The molecule has 1 aromatic rings. The summed E-state index contributed by atoms with van der Waals surface area (Å²) in [5, 5.41) is 11.7. The van der Waals surface area contributed by atoms with Crippen LogP contribution in [0.5, 0.6) is 0 Å². The van der Waals surface area contributed by atoms with Crippen LogP contribution in [0.1, 0.15) is 32.1 Å². The molecule has 0 radical (unpaired) electrons. The molecule has 1 aliphatic carbocycles. The van der Waals surface area contributed by atoms with Crippen LogP contribution in [0, 0.1) is 0 Å². The van der Waals surface area contributed by atoms with E-state index in [1.807, 2.05) is 19.0 Å². The summed E-state index contributed by atoms with van der Waals surface area (Å²) in [7, 11) is -0.410. The lowest BCUT2D eigenvalue weighted by atomic mass is 9.98. The standard InChI is InChI=1S/C14H21N3O4S/c1-16(2)12-8-10-17(11-9-12)22(19,20)15-14(18)21-13-6-4-3-5-7-13/h8-11,13H,3-7H2,1-2H3. The predicted octanol–water partition coefficient (Wildman–Crippen LogP) is 0.199. The summed E-state index contributed by atoms with van der Waals surface area (Å²) >= 11 is 0. The van der Waals surface area contributed by atoms with Crippen molar-refractivity contribution in [2.75, 3.05) is 19.0 Å². The Morgan fingerprint density at radius 3 is 2.41 bits per heavy atom. The Balaban J connectivity index is 2.09. The van der Waals surface area contributed by atoms with Crippen molar-refractivity contribution in [1.29, 1.82) is 0 Å². The van der Waals surface area contributed by atoms with Crippen molar-refractivity contribution in [3.8, 4) is 0 Å². The molecule has 0 aromatic carbocycles. The van der Waals surface area contributed by atoms with Crippen LogP contribution in [0.15, 0.2) is 28.9 Å². The lowest BCUT2D eigenvalue weighted by Gasteiger charge is -2.28. The van der Waals surface area contributed by atoms with Crippen LogP contribution in [0.25, 0.3) is 0 Å². The molecular formula is C14H21N3O4S. The van der Waals surface area contributed by atoms with Gasteiger partial charge in [-0.2, -0.15) is 0 Å². The van der Waals surface area contributed by atoms with Crippen molar-refractivity contribution >= 4 is 22.0 Å². The van der Waals surface area contributed by atoms with Crippen LogP contribution in [-0.2, 0) is 14.9 Å². The maximum absolute atomic E-state index is 12.0. The topological polar surface area (TPSA) is 85.9 Å². The van der Waals surface area contributed by atoms with Crippen LogP contribution in [-0.4, -0.2) is 34.7 Å². The second kappa shape index (κ2) is 6.95. The van der Waals surface area contributed by atoms with Gasteiger partial charge in [0.05, 0.1) is 0 Å². The highest BCUT2D eigenvalue weighted by molar-refractivity contribution is 7.83. The molecule has 1 fully saturated rings. The first-order valence-electron chi connectivity index (χ1n) is 7.26. The average Bonchev–Trinajstić information content (AvgIpc) is 2.47. The van der Waals surface area contributed by atoms with Gasteiger partial charge in [0.1, 0.15) is 0 Å². The van der Waals surface area contributed by atoms with Gasteiger partial charge in [0.15, 0.2) is 18.5 Å². The first-order chi connectivity index (χ1) is 10.4. The molecule has 1 saturated carbocycles. The number of aromatic nitrogens is 1. The number of rotatable bonds is 4. The predicted molar refractivity (Wildman–Crippen MR) is 80.7 cm³/mol. The highest BCUT2D eigenvalue weighted by Gasteiger charge is 2.21. The van der Waals surface area contributed by atoms with Crippen molar-refractivity contribution in [1.82, 2.24) is 0 Å². The summed E-state index contributed by atoms with van der Waals surface area (Å²) in [6.07, 6.45) is 6.08. The fraction of sp³-hybridized carbons (Fsp3) is 0.571. The summed E-state index contributed by atoms with van der Waals surface area (Å²) in [5.74, 6) is 0. The molecule has 22 heavy (non-hydrogen) atoms. The third-order valence-corrected chi connectivity index (χ3v) is 4.73. The highest BCUT2D eigenvalue weighted by atomic mass is 32.2. The van der Waals surface area contributed by atoms with Crippen molar-refractivity contribution in [2.24, 2.45) is 4.40 Å². The molecule has 0 spiro atoms. The summed E-state index contributed by atoms with van der Waals surface area (Å²) < 4.78 is 33.3. The Hall–Kier alpha value is -1.83. The number of ether oxygens (including phenoxy) is 1. The molecule has 1 heterocycles. The van der Waals surface area contributed by atoms with Crippen molar-refractivity contribution in [2.45, 2.75) is 38.2 Å². The van der Waals surface area contributed by atoms with Gasteiger partial charge in [0, 0.05) is 38.0 Å². The van der Waals surface area contributed by atoms with Gasteiger partial charge in [-0.25, -0.2) is 0 Å². The van der Waals surface area contributed by atoms with E-state index in [1.165, 1.54) is 12.4 Å². The Kier molecular flexibility index (Phi) is 5.23. The maximum atomic E-state index is 12.0. The van der Waals surface area contributed by atoms with E-state index in [1.54, 1.807) is 12.1 Å². The Morgan fingerprint density at radius 1 is 1.27 bits per heavy atom. The molecule has 0 saturated heterocycles. The molecule has 0 atom stereocenters. The van der Waals surface area contributed by atoms with Gasteiger partial charge in [-0.15, -0.1) is 8.42 Å². The van der Waals surface area contributed by atoms with Gasteiger partial charge < -0.3 is 14.7 Å². The smallest absolute Gasteiger partial charge is 0.493 e. The van der Waals surface area contributed by atoms with Crippen LogP contribution < -0.4 is 14.0 Å². The highest BCUT2D eigenvalue weighted by Crippen LogP contribution is 2.20. The lowest BCUT2D eigenvalue weighted by molar-refractivity contribution is -0.511. The normalized spacial score (nSPS) is 17.3. The lowest BCUT2D eigenvalue weighted by Crippen LogP contribution is -2.42. The molecule has 2 rings (SSSR count). The second-order valence-electron chi connectivity index (χ2n) is 5.49. The molecule has 122 valence electrons. The van der Waals surface area contributed by atoms with Crippen molar-refractivity contribution in [3.63, 3.8) is 0 Å². The monoisotopic (exact) mass is 327 g/mol. The first-order valence-corrected chi connectivity index (χ1v) is 8.66. The van der Waals surface area contributed by atoms with E-state index >= 15 is 0 Å². The van der Waals surface area contributed by atoms with Crippen LogP contribution in [0.3, 0.4) is 0 Å². The fourth-order valence-corrected chi connectivity index (χ4v) is 3.10. The third-order valence-electron chi connectivity index (χ3n) is 3.58. The van der Waals surface area contributed by atoms with Crippen molar-refractivity contribution in [3.05, 3.63) is 24.5 Å². The van der Waals surface area contributed by atoms with E-state index in [0.717, 1.165) is 41.8 Å². The number of hydrogen-bond acceptors (Lipinski definition) is 5. The molecule has 1 aliphatic rings. The van der Waals surface area contributed by atoms with Crippen LogP contribution in [0.2, 0.25) is 0 Å². The van der Waals surface area contributed by atoms with Gasteiger partial charge >= 0.3 is 10.2 Å². The van der Waals surface area contributed by atoms with E-state index in [2.05, 4.69) is 4.40 Å². The maximum Gasteiger partial charge on any atom is 0.493 e. The van der Waals surface area contributed by atoms with E-state index in [0.29, 0.717) is 0 Å². The quantitative estimate of drug-likeness (QED) is 0.448. The minimum Gasteiger partial charge on any atom is -0.596 e. The Labute approximate surface area is 131 Å². The molecule has 7 nitrogen and oxygen atoms in total. The summed E-state index contributed by atoms with van der Waals surface area (Å²) in [5.41, 5.74) is 0.844. The SMILES string of the molecule is CN(C)c1cc[n+](S(=O)(=O)/N=C(\[O-])OC2CCCCC2)cc1. The fourth-order valence-electron chi connectivity index (χ4n) is 2.35. The van der Waals surface area contributed by atoms with Crippen molar-refractivity contribution < 1.29 is 22.2 Å². The minimum atomic E-state index is -4.10. The van der Waals surface area contributed by atoms with E-state index in [9.17, 15) is 13.5 Å². The van der Waals surface area contributed by atoms with Gasteiger partial charge in [-0.3, -0.25) is 0 Å². The largest absolute Gasteiger partial charge is 0.596 e. The molecule has 0 unspecified atom stereocenters. The molecular weight excluding hydrogens is 306 g/mol. The van der Waals surface area contributed by atoms with Crippen LogP contribution in [0.4, 0.5) is 5.69 Å². The zero-order valence-corrected chi connectivity index (χ0v) is 13.6. The molecule has 0 N–H and O–H groups in total. The number of pyridine rings is 1. The molecule has 1 aromatic heterocycles. The Morgan fingerprint density at radius 2 is 1.86 bits per heavy atom. The zero-order chi connectivity index (χ0) is 16.2. The average molecular weight is 327 g/mol. The number of hydrogen-bond donors (Lipinski definition) is 0. The van der Waals surface area contributed by atoms with E-state index < -0.39 is 16.3 Å². The first kappa shape index (κ1) is 16.5. The molecule has 0 aliphatic heterocycles. The summed E-state index contributed by atoms with van der Waals surface area (Å²) in [6, 6.07) is 3.25. The van der Waals surface area contributed by atoms with E-state index in [-0.39, 0.29) is 6.10 Å². The summed E-state index contributed by atoms with van der Waals surface area (Å²) in [4.78, 5) is 1.84. The second-order valence-corrected chi connectivity index (χ2v) is 6.99. The van der Waals surface area contributed by atoms with Crippen LogP contribution >= 0.6 is 0 Å².